The molecule has 0 radical (unpaired) electrons. The minimum absolute atomic E-state index is 0.583. The van der Waals surface area contributed by atoms with Gasteiger partial charge in [-0.2, -0.15) is 8.42 Å². The third kappa shape index (κ3) is 5.17. The number of rotatable bonds is 7. The Hall–Kier alpha value is -1.15. The van der Waals surface area contributed by atoms with Gasteiger partial charge < -0.3 is 29.5 Å². The standard InChI is InChI=1S/C14H20O10S/c1-21-13(8-5-3-2-4-6-8)23-14-11(17)12(24-25(18,19)20)10(16)9(7-15)22-14/h2-6,9-17H,7H2,1H3,(H,18,19,20)/t9-,10+,11-,12+,13?,14+/m1/s1. The Bertz CT molecular complexity index is 636. The topological polar surface area (TPSA) is 152 Å². The maximum Gasteiger partial charge on any atom is 0.397 e. The zero-order chi connectivity index (χ0) is 18.6. The van der Waals surface area contributed by atoms with Gasteiger partial charge >= 0.3 is 10.4 Å². The van der Waals surface area contributed by atoms with Gasteiger partial charge in [-0.25, -0.2) is 4.18 Å². The first-order valence-corrected chi connectivity index (χ1v) is 8.64. The fourth-order valence-electron chi connectivity index (χ4n) is 2.42. The lowest BCUT2D eigenvalue weighted by atomic mass is 9.99. The van der Waals surface area contributed by atoms with Crippen molar-refractivity contribution in [3.63, 3.8) is 0 Å². The Kier molecular flexibility index (Phi) is 6.85. The van der Waals surface area contributed by atoms with Gasteiger partial charge in [0.2, 0.25) is 0 Å². The highest BCUT2D eigenvalue weighted by Crippen LogP contribution is 2.29. The zero-order valence-corrected chi connectivity index (χ0v) is 14.0. The molecule has 1 saturated heterocycles. The fourth-order valence-corrected chi connectivity index (χ4v) is 2.93. The summed E-state index contributed by atoms with van der Waals surface area (Å²) < 4.78 is 50.9. The van der Waals surface area contributed by atoms with Crippen LogP contribution in [-0.2, 0) is 28.8 Å². The van der Waals surface area contributed by atoms with Crippen LogP contribution in [0.25, 0.3) is 0 Å². The molecule has 6 atom stereocenters. The van der Waals surface area contributed by atoms with Crippen LogP contribution >= 0.6 is 0 Å². The molecular formula is C14H20O10S. The molecule has 0 aliphatic carbocycles. The molecule has 1 fully saturated rings. The predicted molar refractivity (Wildman–Crippen MR) is 81.5 cm³/mol. The molecule has 4 N–H and O–H groups in total. The first-order chi connectivity index (χ1) is 11.8. The van der Waals surface area contributed by atoms with Crippen LogP contribution in [0.15, 0.2) is 30.3 Å². The van der Waals surface area contributed by atoms with Crippen LogP contribution in [0.4, 0.5) is 0 Å². The number of aliphatic hydroxyl groups is 3. The third-order valence-corrected chi connectivity index (χ3v) is 4.06. The van der Waals surface area contributed by atoms with Crippen LogP contribution in [0.2, 0.25) is 0 Å². The van der Waals surface area contributed by atoms with Crippen molar-refractivity contribution in [1.82, 2.24) is 0 Å². The Morgan fingerprint density at radius 2 is 1.84 bits per heavy atom. The Morgan fingerprint density at radius 1 is 1.20 bits per heavy atom. The normalized spacial score (nSPS) is 31.6. The molecule has 0 aromatic heterocycles. The van der Waals surface area contributed by atoms with Gasteiger partial charge in [0.05, 0.1) is 6.61 Å². The molecule has 11 heteroatoms. The van der Waals surface area contributed by atoms with Gasteiger partial charge in [0.15, 0.2) is 12.6 Å². The monoisotopic (exact) mass is 380 g/mol. The average molecular weight is 380 g/mol. The molecule has 25 heavy (non-hydrogen) atoms. The minimum Gasteiger partial charge on any atom is -0.394 e. The maximum atomic E-state index is 10.9. The summed E-state index contributed by atoms with van der Waals surface area (Å²) in [5.41, 5.74) is 0.583. The molecule has 10 nitrogen and oxygen atoms in total. The van der Waals surface area contributed by atoms with Gasteiger partial charge in [-0.1, -0.05) is 30.3 Å². The van der Waals surface area contributed by atoms with Crippen molar-refractivity contribution in [3.05, 3.63) is 35.9 Å². The molecule has 1 aromatic carbocycles. The van der Waals surface area contributed by atoms with Gasteiger partial charge in [-0.3, -0.25) is 4.55 Å². The molecule has 0 bridgehead atoms. The summed E-state index contributed by atoms with van der Waals surface area (Å²) in [5.74, 6) is 0. The van der Waals surface area contributed by atoms with Crippen LogP contribution in [-0.4, -0.2) is 72.7 Å². The Morgan fingerprint density at radius 3 is 2.36 bits per heavy atom. The first kappa shape index (κ1) is 20.2. The SMILES string of the molecule is COC(O[C@@H]1O[C@H](CO)[C@H](O)[C@H](OS(=O)(=O)O)[C@H]1O)c1ccccc1. The highest BCUT2D eigenvalue weighted by molar-refractivity contribution is 7.80. The van der Waals surface area contributed by atoms with Gasteiger partial charge in [-0.15, -0.1) is 0 Å². The Balaban J connectivity index is 2.20. The van der Waals surface area contributed by atoms with E-state index in [1.54, 1.807) is 30.3 Å². The second kappa shape index (κ2) is 8.49. The molecule has 2 rings (SSSR count). The zero-order valence-electron chi connectivity index (χ0n) is 13.2. The van der Waals surface area contributed by atoms with Crippen molar-refractivity contribution in [3.8, 4) is 0 Å². The highest BCUT2D eigenvalue weighted by Gasteiger charge is 2.48. The molecule has 0 spiro atoms. The molecule has 142 valence electrons. The van der Waals surface area contributed by atoms with E-state index in [1.165, 1.54) is 7.11 Å². The number of ether oxygens (including phenoxy) is 3. The second-order valence-corrected chi connectivity index (χ2v) is 6.36. The summed E-state index contributed by atoms with van der Waals surface area (Å²) in [5, 5.41) is 29.4. The van der Waals surface area contributed by atoms with E-state index in [1.807, 2.05) is 0 Å². The van der Waals surface area contributed by atoms with Gasteiger partial charge in [-0.05, 0) is 0 Å². The highest BCUT2D eigenvalue weighted by atomic mass is 32.3. The lowest BCUT2D eigenvalue weighted by Gasteiger charge is -2.41. The third-order valence-electron chi connectivity index (χ3n) is 3.60. The number of benzene rings is 1. The van der Waals surface area contributed by atoms with E-state index in [4.69, 9.17) is 18.8 Å². The summed E-state index contributed by atoms with van der Waals surface area (Å²) in [4.78, 5) is 0. The number of hydrogen-bond acceptors (Lipinski definition) is 9. The second-order valence-electron chi connectivity index (χ2n) is 5.31. The molecule has 1 aliphatic rings. The van der Waals surface area contributed by atoms with Crippen molar-refractivity contribution < 1.29 is 46.7 Å². The molecule has 1 heterocycles. The molecule has 0 amide bonds. The van der Waals surface area contributed by atoms with E-state index in [0.29, 0.717) is 5.56 Å². The van der Waals surface area contributed by atoms with Crippen LogP contribution in [0.5, 0.6) is 0 Å². The van der Waals surface area contributed by atoms with Crippen molar-refractivity contribution in [1.29, 1.82) is 0 Å². The molecule has 1 aromatic rings. The lowest BCUT2D eigenvalue weighted by molar-refractivity contribution is -0.334. The molecular weight excluding hydrogens is 360 g/mol. The summed E-state index contributed by atoms with van der Waals surface area (Å²) >= 11 is 0. The molecule has 0 saturated carbocycles. The van der Waals surface area contributed by atoms with Crippen molar-refractivity contribution in [2.24, 2.45) is 0 Å². The number of aliphatic hydroxyl groups excluding tert-OH is 3. The van der Waals surface area contributed by atoms with E-state index in [9.17, 15) is 23.7 Å². The summed E-state index contributed by atoms with van der Waals surface area (Å²) in [6.07, 6.45) is -9.12. The van der Waals surface area contributed by atoms with E-state index < -0.39 is 54.0 Å². The van der Waals surface area contributed by atoms with Crippen molar-refractivity contribution >= 4 is 10.4 Å². The maximum absolute atomic E-state index is 10.9. The van der Waals surface area contributed by atoms with E-state index >= 15 is 0 Å². The summed E-state index contributed by atoms with van der Waals surface area (Å²) in [7, 11) is -3.63. The quantitative estimate of drug-likeness (QED) is 0.341. The molecule has 1 unspecified atom stereocenters. The number of methoxy groups -OCH3 is 1. The van der Waals surface area contributed by atoms with Crippen LogP contribution in [0.1, 0.15) is 11.9 Å². The van der Waals surface area contributed by atoms with Crippen molar-refractivity contribution in [2.45, 2.75) is 37.0 Å². The molecule has 1 aliphatic heterocycles. The minimum atomic E-state index is -4.97. The van der Waals surface area contributed by atoms with E-state index in [2.05, 4.69) is 4.18 Å². The predicted octanol–water partition coefficient (Wildman–Crippen LogP) is -1.02. The smallest absolute Gasteiger partial charge is 0.394 e. The fraction of sp³-hybridized carbons (Fsp3) is 0.571. The van der Waals surface area contributed by atoms with E-state index in [0.717, 1.165) is 0 Å². The summed E-state index contributed by atoms with van der Waals surface area (Å²) in [6, 6.07) is 8.61. The summed E-state index contributed by atoms with van der Waals surface area (Å²) in [6.45, 7) is -0.706. The van der Waals surface area contributed by atoms with E-state index in [-0.39, 0.29) is 0 Å². The van der Waals surface area contributed by atoms with Gasteiger partial charge in [0, 0.05) is 12.7 Å². The number of hydrogen-bond donors (Lipinski definition) is 4. The van der Waals surface area contributed by atoms with Gasteiger partial charge in [0.1, 0.15) is 24.4 Å². The van der Waals surface area contributed by atoms with Crippen molar-refractivity contribution in [2.75, 3.05) is 13.7 Å². The average Bonchev–Trinajstić information content (AvgIpc) is 2.58. The lowest BCUT2D eigenvalue weighted by Crippen LogP contribution is -2.60. The van der Waals surface area contributed by atoms with Crippen LogP contribution < -0.4 is 0 Å². The first-order valence-electron chi connectivity index (χ1n) is 7.28. The van der Waals surface area contributed by atoms with Crippen LogP contribution in [0, 0.1) is 0 Å². The van der Waals surface area contributed by atoms with Crippen LogP contribution in [0.3, 0.4) is 0 Å². The Labute approximate surface area is 144 Å². The van der Waals surface area contributed by atoms with Gasteiger partial charge in [0.25, 0.3) is 0 Å². The largest absolute Gasteiger partial charge is 0.397 e.